The molecule has 6 heteroatoms. The van der Waals surface area contributed by atoms with Gasteiger partial charge in [-0.15, -0.1) is 5.10 Å². The quantitative estimate of drug-likeness (QED) is 0.674. The monoisotopic (exact) mass is 296 g/mol. The Labute approximate surface area is 127 Å². The molecule has 1 heterocycles. The second-order valence-corrected chi connectivity index (χ2v) is 5.32. The summed E-state index contributed by atoms with van der Waals surface area (Å²) in [7, 11) is 0. The summed E-state index contributed by atoms with van der Waals surface area (Å²) in [6, 6.07) is 0. The van der Waals surface area contributed by atoms with Gasteiger partial charge in [0.15, 0.2) is 0 Å². The molecule has 0 radical (unpaired) electrons. The molecule has 0 aromatic carbocycles. The van der Waals surface area contributed by atoms with Crippen molar-refractivity contribution in [1.29, 1.82) is 0 Å². The van der Waals surface area contributed by atoms with Crippen LogP contribution in [-0.2, 0) is 17.8 Å². The molecule has 0 unspecified atom stereocenters. The van der Waals surface area contributed by atoms with Gasteiger partial charge in [-0.25, -0.2) is 4.68 Å². The zero-order chi connectivity index (χ0) is 15.5. The first-order chi connectivity index (χ1) is 10.2. The van der Waals surface area contributed by atoms with E-state index in [0.29, 0.717) is 12.8 Å². The predicted molar refractivity (Wildman–Crippen MR) is 81.8 cm³/mol. The lowest BCUT2D eigenvalue weighted by molar-refractivity contribution is -0.132. The molecule has 1 N–H and O–H groups in total. The van der Waals surface area contributed by atoms with E-state index in [-0.39, 0.29) is 19.1 Å². The normalized spacial score (nSPS) is 10.8. The van der Waals surface area contributed by atoms with Crippen molar-refractivity contribution in [2.75, 3.05) is 19.7 Å². The first-order valence-electron chi connectivity index (χ1n) is 7.98. The van der Waals surface area contributed by atoms with Gasteiger partial charge in [0.25, 0.3) is 0 Å². The van der Waals surface area contributed by atoms with E-state index in [2.05, 4.69) is 24.2 Å². The average Bonchev–Trinajstić information content (AvgIpc) is 2.92. The lowest BCUT2D eigenvalue weighted by atomic mass is 10.2. The van der Waals surface area contributed by atoms with Gasteiger partial charge in [-0.2, -0.15) is 0 Å². The Bertz CT molecular complexity index is 398. The third kappa shape index (κ3) is 6.71. The fourth-order valence-electron chi connectivity index (χ4n) is 2.09. The smallest absolute Gasteiger partial charge is 0.244 e. The summed E-state index contributed by atoms with van der Waals surface area (Å²) in [5.74, 6) is 0.107. The summed E-state index contributed by atoms with van der Waals surface area (Å²) in [6.45, 7) is 6.30. The second-order valence-electron chi connectivity index (χ2n) is 5.32. The summed E-state index contributed by atoms with van der Waals surface area (Å²) >= 11 is 0. The van der Waals surface area contributed by atoms with Crippen LogP contribution in [0, 0.1) is 0 Å². The zero-order valence-corrected chi connectivity index (χ0v) is 13.3. The van der Waals surface area contributed by atoms with E-state index < -0.39 is 0 Å². The Morgan fingerprint density at radius 3 is 2.48 bits per heavy atom. The molecule has 6 nitrogen and oxygen atoms in total. The van der Waals surface area contributed by atoms with Crippen LogP contribution < -0.4 is 0 Å². The van der Waals surface area contributed by atoms with Crippen LogP contribution in [0.4, 0.5) is 0 Å². The van der Waals surface area contributed by atoms with Crippen molar-refractivity contribution in [3.05, 3.63) is 11.9 Å². The van der Waals surface area contributed by atoms with Crippen molar-refractivity contribution in [1.82, 2.24) is 19.9 Å². The van der Waals surface area contributed by atoms with Crippen LogP contribution >= 0.6 is 0 Å². The lowest BCUT2D eigenvalue weighted by Gasteiger charge is -2.22. The molecule has 0 spiro atoms. The molecule has 0 fully saturated rings. The molecule has 0 saturated carbocycles. The van der Waals surface area contributed by atoms with E-state index in [4.69, 9.17) is 5.11 Å². The fourth-order valence-corrected chi connectivity index (χ4v) is 2.09. The number of nitrogens with zero attached hydrogens (tertiary/aromatic N) is 4. The number of aliphatic hydroxyl groups excluding tert-OH is 1. The number of rotatable bonds is 11. The van der Waals surface area contributed by atoms with Gasteiger partial charge in [-0.3, -0.25) is 4.79 Å². The first-order valence-corrected chi connectivity index (χ1v) is 7.98. The van der Waals surface area contributed by atoms with E-state index >= 15 is 0 Å². The molecule has 0 aliphatic rings. The van der Waals surface area contributed by atoms with Crippen LogP contribution in [0.25, 0.3) is 0 Å². The molecule has 0 atom stereocenters. The van der Waals surface area contributed by atoms with Crippen LogP contribution in [0.15, 0.2) is 6.20 Å². The van der Waals surface area contributed by atoms with Gasteiger partial charge in [-0.05, 0) is 25.7 Å². The highest BCUT2D eigenvalue weighted by Gasteiger charge is 2.14. The van der Waals surface area contributed by atoms with Crippen LogP contribution in [-0.4, -0.2) is 50.6 Å². The Balaban J connectivity index is 2.52. The average molecular weight is 296 g/mol. The molecule has 120 valence electrons. The number of carbonyl (C=O) groups excluding carboxylic acids is 1. The summed E-state index contributed by atoms with van der Waals surface area (Å²) in [4.78, 5) is 14.3. The second kappa shape index (κ2) is 10.3. The molecular weight excluding hydrogens is 268 g/mol. The fraction of sp³-hybridized carbons (Fsp3) is 0.800. The standard InChI is InChI=1S/C15H28N4O2/c1-3-5-9-18(10-6-4-2)15(21)13-19-12-14(16-17-19)8-7-11-20/h12,20H,3-11,13H2,1-2H3. The topological polar surface area (TPSA) is 71.2 Å². The number of carbonyl (C=O) groups is 1. The molecule has 0 aliphatic heterocycles. The highest BCUT2D eigenvalue weighted by molar-refractivity contribution is 5.75. The Kier molecular flexibility index (Phi) is 8.66. The third-order valence-corrected chi connectivity index (χ3v) is 3.39. The Morgan fingerprint density at radius 1 is 1.24 bits per heavy atom. The minimum atomic E-state index is 0.107. The van der Waals surface area contributed by atoms with E-state index in [9.17, 15) is 4.79 Å². The van der Waals surface area contributed by atoms with Crippen molar-refractivity contribution in [3.63, 3.8) is 0 Å². The Hall–Kier alpha value is -1.43. The molecule has 21 heavy (non-hydrogen) atoms. The van der Waals surface area contributed by atoms with Gasteiger partial charge in [0.1, 0.15) is 6.54 Å². The number of hydrogen-bond acceptors (Lipinski definition) is 4. The molecular formula is C15H28N4O2. The van der Waals surface area contributed by atoms with Crippen LogP contribution in [0.5, 0.6) is 0 Å². The third-order valence-electron chi connectivity index (χ3n) is 3.39. The van der Waals surface area contributed by atoms with Gasteiger partial charge in [0, 0.05) is 25.9 Å². The van der Waals surface area contributed by atoms with Crippen molar-refractivity contribution in [3.8, 4) is 0 Å². The van der Waals surface area contributed by atoms with E-state index in [1.54, 1.807) is 10.9 Å². The maximum absolute atomic E-state index is 12.3. The minimum absolute atomic E-state index is 0.107. The zero-order valence-electron chi connectivity index (χ0n) is 13.3. The van der Waals surface area contributed by atoms with Crippen molar-refractivity contribution in [2.45, 2.75) is 58.9 Å². The van der Waals surface area contributed by atoms with E-state index in [0.717, 1.165) is 44.5 Å². The van der Waals surface area contributed by atoms with Gasteiger partial charge in [0.05, 0.1) is 5.69 Å². The Morgan fingerprint density at radius 2 is 1.90 bits per heavy atom. The molecule has 1 rings (SSSR count). The molecule has 1 amide bonds. The SMILES string of the molecule is CCCCN(CCCC)C(=O)Cn1cc(CCCO)nn1. The number of amides is 1. The number of aliphatic hydroxyl groups is 1. The number of aryl methyl sites for hydroxylation is 1. The van der Waals surface area contributed by atoms with Crippen molar-refractivity contribution in [2.24, 2.45) is 0 Å². The highest BCUT2D eigenvalue weighted by Crippen LogP contribution is 2.03. The largest absolute Gasteiger partial charge is 0.396 e. The maximum Gasteiger partial charge on any atom is 0.244 e. The van der Waals surface area contributed by atoms with E-state index in [1.807, 2.05) is 4.90 Å². The lowest BCUT2D eigenvalue weighted by Crippen LogP contribution is -2.35. The van der Waals surface area contributed by atoms with Crippen molar-refractivity contribution >= 4 is 5.91 Å². The molecule has 0 saturated heterocycles. The van der Waals surface area contributed by atoms with Gasteiger partial charge >= 0.3 is 0 Å². The maximum atomic E-state index is 12.3. The predicted octanol–water partition coefficient (Wildman–Crippen LogP) is 1.63. The number of aromatic nitrogens is 3. The molecule has 0 aliphatic carbocycles. The summed E-state index contributed by atoms with van der Waals surface area (Å²) in [5, 5.41) is 16.8. The minimum Gasteiger partial charge on any atom is -0.396 e. The molecule has 1 aromatic rings. The van der Waals surface area contributed by atoms with Gasteiger partial charge in [0.2, 0.25) is 5.91 Å². The van der Waals surface area contributed by atoms with Crippen LogP contribution in [0.3, 0.4) is 0 Å². The number of hydrogen-bond donors (Lipinski definition) is 1. The van der Waals surface area contributed by atoms with Crippen molar-refractivity contribution < 1.29 is 9.90 Å². The van der Waals surface area contributed by atoms with E-state index in [1.165, 1.54) is 0 Å². The van der Waals surface area contributed by atoms with Crippen LogP contribution in [0.2, 0.25) is 0 Å². The molecule has 0 bridgehead atoms. The summed E-state index contributed by atoms with van der Waals surface area (Å²) in [6.07, 6.45) is 7.41. The van der Waals surface area contributed by atoms with Gasteiger partial charge in [-0.1, -0.05) is 31.9 Å². The first kappa shape index (κ1) is 17.6. The van der Waals surface area contributed by atoms with Crippen LogP contribution in [0.1, 0.15) is 51.6 Å². The summed E-state index contributed by atoms with van der Waals surface area (Å²) in [5.41, 5.74) is 0.825. The summed E-state index contributed by atoms with van der Waals surface area (Å²) < 4.78 is 1.60. The van der Waals surface area contributed by atoms with Gasteiger partial charge < -0.3 is 10.0 Å². The highest BCUT2D eigenvalue weighted by atomic mass is 16.2. The number of unbranched alkanes of at least 4 members (excludes halogenated alkanes) is 2. The molecule has 1 aromatic heterocycles.